The largest absolute Gasteiger partial charge is 0.481 e. The quantitative estimate of drug-likeness (QED) is 0.613. The molecular formula is C12H21N3O5. The Bertz CT molecular complexity index is 410. The average Bonchev–Trinajstić information content (AvgIpc) is 2.84. The third kappa shape index (κ3) is 3.60. The zero-order valence-electron chi connectivity index (χ0n) is 11.9. The molecule has 1 saturated heterocycles. The van der Waals surface area contributed by atoms with Crippen LogP contribution in [0.2, 0.25) is 0 Å². The number of hydrogen-bond acceptors (Lipinski definition) is 4. The van der Waals surface area contributed by atoms with Crippen LogP contribution in [-0.2, 0) is 14.3 Å². The highest BCUT2D eigenvalue weighted by atomic mass is 16.5. The molecule has 0 saturated carbocycles. The summed E-state index contributed by atoms with van der Waals surface area (Å²) in [6.45, 7) is 3.59. The highest BCUT2D eigenvalue weighted by molar-refractivity contribution is 5.82. The second-order valence-corrected chi connectivity index (χ2v) is 5.57. The molecular weight excluding hydrogens is 266 g/mol. The first-order valence-electron chi connectivity index (χ1n) is 6.28. The van der Waals surface area contributed by atoms with E-state index in [0.717, 1.165) is 0 Å². The summed E-state index contributed by atoms with van der Waals surface area (Å²) in [4.78, 5) is 35.5. The van der Waals surface area contributed by atoms with Crippen LogP contribution in [0.3, 0.4) is 0 Å². The number of nitrogens with two attached hydrogens (primary N) is 1. The first kappa shape index (κ1) is 16.2. The highest BCUT2D eigenvalue weighted by Gasteiger charge is 2.38. The molecule has 0 aromatic rings. The van der Waals surface area contributed by atoms with Crippen LogP contribution < -0.4 is 11.1 Å². The molecule has 1 heterocycles. The predicted octanol–water partition coefficient (Wildman–Crippen LogP) is -0.761. The van der Waals surface area contributed by atoms with Gasteiger partial charge in [-0.15, -0.1) is 0 Å². The maximum absolute atomic E-state index is 12.0. The molecule has 114 valence electrons. The number of aliphatic carboxylic acids is 1. The van der Waals surface area contributed by atoms with Gasteiger partial charge in [0, 0.05) is 13.6 Å². The van der Waals surface area contributed by atoms with Gasteiger partial charge in [0.1, 0.15) is 5.92 Å². The number of nitrogens with zero attached hydrogens (tertiary/aromatic N) is 1. The fraction of sp³-hybridized carbons (Fsp3) is 0.750. The molecule has 0 aromatic carbocycles. The van der Waals surface area contributed by atoms with Gasteiger partial charge in [-0.05, 0) is 13.8 Å². The zero-order chi connectivity index (χ0) is 15.5. The minimum atomic E-state index is -0.996. The van der Waals surface area contributed by atoms with Gasteiger partial charge in [0.15, 0.2) is 0 Å². The number of rotatable bonds is 5. The van der Waals surface area contributed by atoms with Crippen molar-refractivity contribution in [2.45, 2.75) is 19.9 Å². The SMILES string of the molecule is CN(C(=O)NCC(C)(C)C(N)=O)C1COCC1C(=O)O. The van der Waals surface area contributed by atoms with E-state index in [1.54, 1.807) is 13.8 Å². The van der Waals surface area contributed by atoms with E-state index in [1.165, 1.54) is 11.9 Å². The van der Waals surface area contributed by atoms with E-state index in [-0.39, 0.29) is 19.8 Å². The highest BCUT2D eigenvalue weighted by Crippen LogP contribution is 2.19. The summed E-state index contributed by atoms with van der Waals surface area (Å²) in [5, 5.41) is 11.6. The lowest BCUT2D eigenvalue weighted by Gasteiger charge is -2.28. The summed E-state index contributed by atoms with van der Waals surface area (Å²) < 4.78 is 5.11. The standard InChI is InChI=1S/C12H21N3O5/c1-12(2,10(13)18)6-14-11(19)15(3)8-5-20-4-7(8)9(16)17/h7-8H,4-6H2,1-3H3,(H2,13,18)(H,14,19)(H,16,17). The first-order valence-corrected chi connectivity index (χ1v) is 6.28. The second-order valence-electron chi connectivity index (χ2n) is 5.57. The fourth-order valence-electron chi connectivity index (χ4n) is 1.82. The van der Waals surface area contributed by atoms with Gasteiger partial charge >= 0.3 is 12.0 Å². The van der Waals surface area contributed by atoms with Gasteiger partial charge in [-0.25, -0.2) is 4.79 Å². The van der Waals surface area contributed by atoms with Crippen LogP contribution in [0.4, 0.5) is 4.79 Å². The van der Waals surface area contributed by atoms with Gasteiger partial charge in [0.2, 0.25) is 5.91 Å². The molecule has 0 bridgehead atoms. The lowest BCUT2D eigenvalue weighted by molar-refractivity contribution is -0.142. The van der Waals surface area contributed by atoms with Gasteiger partial charge in [-0.1, -0.05) is 0 Å². The number of amides is 3. The van der Waals surface area contributed by atoms with Crippen molar-refractivity contribution >= 4 is 17.9 Å². The van der Waals surface area contributed by atoms with Crippen molar-refractivity contribution in [2.75, 3.05) is 26.8 Å². The van der Waals surface area contributed by atoms with Crippen LogP contribution in [-0.4, -0.2) is 60.8 Å². The third-order valence-electron chi connectivity index (χ3n) is 3.53. The van der Waals surface area contributed by atoms with Gasteiger partial charge in [-0.3, -0.25) is 9.59 Å². The number of carboxylic acids is 1. The molecule has 1 aliphatic heterocycles. The van der Waals surface area contributed by atoms with E-state index in [1.807, 2.05) is 0 Å². The van der Waals surface area contributed by atoms with E-state index < -0.39 is 35.3 Å². The van der Waals surface area contributed by atoms with E-state index in [2.05, 4.69) is 5.32 Å². The first-order chi connectivity index (χ1) is 9.16. The van der Waals surface area contributed by atoms with Crippen LogP contribution in [0.5, 0.6) is 0 Å². The van der Waals surface area contributed by atoms with E-state index in [4.69, 9.17) is 15.6 Å². The van der Waals surface area contributed by atoms with E-state index in [0.29, 0.717) is 0 Å². The minimum Gasteiger partial charge on any atom is -0.481 e. The molecule has 8 nitrogen and oxygen atoms in total. The number of likely N-dealkylation sites (N-methyl/N-ethyl adjacent to an activating group) is 1. The molecule has 8 heteroatoms. The fourth-order valence-corrected chi connectivity index (χ4v) is 1.82. The van der Waals surface area contributed by atoms with Crippen molar-refractivity contribution in [3.05, 3.63) is 0 Å². The monoisotopic (exact) mass is 287 g/mol. The van der Waals surface area contributed by atoms with Crippen LogP contribution in [0.1, 0.15) is 13.8 Å². The Morgan fingerprint density at radius 2 is 2.00 bits per heavy atom. The summed E-state index contributed by atoms with van der Waals surface area (Å²) >= 11 is 0. The van der Waals surface area contributed by atoms with Crippen LogP contribution in [0.25, 0.3) is 0 Å². The number of carbonyl (C=O) groups is 3. The Kier molecular flexibility index (Phi) is 4.93. The number of ether oxygens (including phenoxy) is 1. The maximum atomic E-state index is 12.0. The third-order valence-corrected chi connectivity index (χ3v) is 3.53. The number of carboxylic acid groups (broad SMARTS) is 1. The molecule has 2 atom stereocenters. The zero-order valence-corrected chi connectivity index (χ0v) is 11.9. The van der Waals surface area contributed by atoms with Crippen molar-refractivity contribution in [1.29, 1.82) is 0 Å². The molecule has 2 unspecified atom stereocenters. The number of urea groups is 1. The van der Waals surface area contributed by atoms with Crippen LogP contribution >= 0.6 is 0 Å². The Labute approximate surface area is 117 Å². The minimum absolute atomic E-state index is 0.0802. The van der Waals surface area contributed by atoms with Crippen molar-refractivity contribution in [3.8, 4) is 0 Å². The molecule has 3 amide bonds. The molecule has 0 aromatic heterocycles. The summed E-state index contributed by atoms with van der Waals surface area (Å²) in [5.74, 6) is -2.26. The normalized spacial score (nSPS) is 22.4. The number of nitrogens with one attached hydrogen (secondary N) is 1. The molecule has 0 radical (unpaired) electrons. The molecule has 4 N–H and O–H groups in total. The van der Waals surface area contributed by atoms with Crippen molar-refractivity contribution < 1.29 is 24.2 Å². The number of carbonyl (C=O) groups excluding carboxylic acids is 2. The molecule has 1 aliphatic rings. The van der Waals surface area contributed by atoms with Crippen LogP contribution in [0.15, 0.2) is 0 Å². The van der Waals surface area contributed by atoms with Gasteiger partial charge in [-0.2, -0.15) is 0 Å². The Morgan fingerprint density at radius 1 is 1.40 bits per heavy atom. The smallest absolute Gasteiger partial charge is 0.317 e. The second kappa shape index (κ2) is 6.08. The maximum Gasteiger partial charge on any atom is 0.317 e. The van der Waals surface area contributed by atoms with Gasteiger partial charge in [0.05, 0.1) is 24.7 Å². The molecule has 20 heavy (non-hydrogen) atoms. The van der Waals surface area contributed by atoms with Crippen LogP contribution in [0, 0.1) is 11.3 Å². The molecule has 0 aliphatic carbocycles. The van der Waals surface area contributed by atoms with Gasteiger partial charge < -0.3 is 25.8 Å². The Balaban J connectivity index is 2.59. The Morgan fingerprint density at radius 3 is 2.50 bits per heavy atom. The van der Waals surface area contributed by atoms with E-state index >= 15 is 0 Å². The summed E-state index contributed by atoms with van der Waals surface area (Å²) in [6, 6.07) is -0.981. The molecule has 1 rings (SSSR count). The van der Waals surface area contributed by atoms with E-state index in [9.17, 15) is 14.4 Å². The lowest BCUT2D eigenvalue weighted by Crippen LogP contribution is -2.51. The number of primary amides is 1. The Hall–Kier alpha value is -1.83. The lowest BCUT2D eigenvalue weighted by atomic mass is 9.93. The van der Waals surface area contributed by atoms with Gasteiger partial charge in [0.25, 0.3) is 0 Å². The molecule has 0 spiro atoms. The summed E-state index contributed by atoms with van der Waals surface area (Å²) in [6.07, 6.45) is 0. The van der Waals surface area contributed by atoms with Crippen molar-refractivity contribution in [1.82, 2.24) is 10.2 Å². The summed E-state index contributed by atoms with van der Waals surface area (Å²) in [5.41, 5.74) is 4.35. The topological polar surface area (TPSA) is 122 Å². The van der Waals surface area contributed by atoms with Crippen molar-refractivity contribution in [3.63, 3.8) is 0 Å². The van der Waals surface area contributed by atoms with Crippen molar-refractivity contribution in [2.24, 2.45) is 17.1 Å². The number of hydrogen-bond donors (Lipinski definition) is 3. The average molecular weight is 287 g/mol. The summed E-state index contributed by atoms with van der Waals surface area (Å²) in [7, 11) is 1.50. The predicted molar refractivity (Wildman–Crippen MR) is 69.9 cm³/mol. The molecule has 1 fully saturated rings.